The van der Waals surface area contributed by atoms with Gasteiger partial charge in [-0.05, 0) is 59.8 Å². The Labute approximate surface area is 114 Å². The molecule has 3 N–H and O–H groups in total. The monoisotopic (exact) mass is 270 g/mol. The Balaban J connectivity index is 2.15. The highest BCUT2D eigenvalue weighted by Crippen LogP contribution is 2.62. The predicted octanol–water partition coefficient (Wildman–Crippen LogP) is 1.36. The lowest BCUT2D eigenvalue weighted by molar-refractivity contribution is -0.283. The summed E-state index contributed by atoms with van der Waals surface area (Å²) in [5.74, 6) is -0.334. The first kappa shape index (κ1) is 13.8. The second kappa shape index (κ2) is 3.35. The van der Waals surface area contributed by atoms with Crippen LogP contribution < -0.4 is 0 Å². The van der Waals surface area contributed by atoms with Gasteiger partial charge in [-0.2, -0.15) is 0 Å². The van der Waals surface area contributed by atoms with E-state index in [2.05, 4.69) is 0 Å². The van der Waals surface area contributed by atoms with Crippen LogP contribution in [0.1, 0.15) is 59.8 Å². The number of ether oxygens (including phenoxy) is 1. The van der Waals surface area contributed by atoms with E-state index >= 15 is 0 Å². The van der Waals surface area contributed by atoms with Crippen LogP contribution in [-0.2, 0) is 4.74 Å². The molecule has 4 heteroatoms. The molecule has 4 aliphatic rings. The molecule has 0 spiro atoms. The van der Waals surface area contributed by atoms with Gasteiger partial charge in [0.05, 0.1) is 28.0 Å². The summed E-state index contributed by atoms with van der Waals surface area (Å²) in [4.78, 5) is 0. The third kappa shape index (κ3) is 1.49. The third-order valence-corrected chi connectivity index (χ3v) is 6.41. The lowest BCUT2D eigenvalue weighted by Crippen LogP contribution is -2.63. The van der Waals surface area contributed by atoms with Gasteiger partial charge in [0.1, 0.15) is 0 Å². The first-order valence-corrected chi connectivity index (χ1v) is 7.33. The van der Waals surface area contributed by atoms with Crippen LogP contribution in [0.4, 0.5) is 0 Å². The molecule has 4 nitrogen and oxygen atoms in total. The molecule has 2 aliphatic carbocycles. The molecule has 0 aromatic rings. The van der Waals surface area contributed by atoms with Crippen molar-refractivity contribution in [2.45, 2.75) is 87.8 Å². The van der Waals surface area contributed by atoms with E-state index in [4.69, 9.17) is 4.74 Å². The maximum atomic E-state index is 11.2. The number of hydrogen-bond acceptors (Lipinski definition) is 4. The zero-order valence-corrected chi connectivity index (χ0v) is 12.4. The van der Waals surface area contributed by atoms with Gasteiger partial charge in [-0.3, -0.25) is 0 Å². The third-order valence-electron chi connectivity index (χ3n) is 6.41. The maximum absolute atomic E-state index is 11.2. The van der Waals surface area contributed by atoms with Crippen LogP contribution in [0.15, 0.2) is 0 Å². The molecule has 2 saturated carbocycles. The molecule has 0 aromatic carbocycles. The number of hydrogen-bond donors (Lipinski definition) is 3. The normalized spacial score (nSPS) is 59.8. The molecule has 4 fully saturated rings. The Morgan fingerprint density at radius 3 is 2.11 bits per heavy atom. The second-order valence-electron chi connectivity index (χ2n) is 7.91. The average Bonchev–Trinajstić information content (AvgIpc) is 2.41. The second-order valence-corrected chi connectivity index (χ2v) is 7.91. The quantitative estimate of drug-likeness (QED) is 0.621. The molecular formula is C15H26O4. The molecule has 0 unspecified atom stereocenters. The number of fused-ring (bicyclic) bond motifs is 2. The Hall–Kier alpha value is -0.160. The lowest BCUT2D eigenvalue weighted by Gasteiger charge is -2.53. The minimum atomic E-state index is -1.05. The van der Waals surface area contributed by atoms with Gasteiger partial charge >= 0.3 is 0 Å². The Bertz CT molecular complexity index is 418. The minimum absolute atomic E-state index is 0.334. The summed E-state index contributed by atoms with van der Waals surface area (Å²) in [6.45, 7) is 7.50. The molecule has 2 bridgehead atoms. The molecule has 2 saturated heterocycles. The SMILES string of the molecule is CC1(C)O[C@@]2(C)CC[C@]1(O)C[C@H]1[C@](C)(O)CC[C@]12O. The van der Waals surface area contributed by atoms with E-state index in [1.807, 2.05) is 20.8 Å². The Morgan fingerprint density at radius 1 is 0.895 bits per heavy atom. The number of rotatable bonds is 0. The fourth-order valence-corrected chi connectivity index (χ4v) is 4.77. The van der Waals surface area contributed by atoms with Crippen LogP contribution in [0.25, 0.3) is 0 Å². The van der Waals surface area contributed by atoms with Gasteiger partial charge in [-0.1, -0.05) is 0 Å². The highest BCUT2D eigenvalue weighted by molar-refractivity contribution is 5.22. The fourth-order valence-electron chi connectivity index (χ4n) is 4.77. The van der Waals surface area contributed by atoms with Gasteiger partial charge in [-0.15, -0.1) is 0 Å². The summed E-state index contributed by atoms with van der Waals surface area (Å²) >= 11 is 0. The first-order valence-electron chi connectivity index (χ1n) is 7.33. The van der Waals surface area contributed by atoms with Gasteiger partial charge < -0.3 is 20.1 Å². The minimum Gasteiger partial charge on any atom is -0.390 e. The van der Waals surface area contributed by atoms with E-state index in [1.165, 1.54) is 0 Å². The highest BCUT2D eigenvalue weighted by atomic mass is 16.6. The molecular weight excluding hydrogens is 244 g/mol. The summed E-state index contributed by atoms with van der Waals surface area (Å²) in [7, 11) is 0. The molecule has 2 aliphatic heterocycles. The predicted molar refractivity (Wildman–Crippen MR) is 70.7 cm³/mol. The molecule has 0 radical (unpaired) electrons. The van der Waals surface area contributed by atoms with Gasteiger partial charge in [-0.25, -0.2) is 0 Å². The van der Waals surface area contributed by atoms with Crippen molar-refractivity contribution < 1.29 is 20.1 Å². The van der Waals surface area contributed by atoms with Gasteiger partial charge in [0.2, 0.25) is 0 Å². The summed E-state index contributed by atoms with van der Waals surface area (Å²) in [6, 6.07) is 0. The van der Waals surface area contributed by atoms with Crippen LogP contribution in [0.2, 0.25) is 0 Å². The van der Waals surface area contributed by atoms with Crippen molar-refractivity contribution in [3.63, 3.8) is 0 Å². The largest absolute Gasteiger partial charge is 0.390 e. The molecule has 5 atom stereocenters. The van der Waals surface area contributed by atoms with E-state index in [9.17, 15) is 15.3 Å². The smallest absolute Gasteiger partial charge is 0.0991 e. The first-order chi connectivity index (χ1) is 8.46. The Kier molecular flexibility index (Phi) is 2.44. The Morgan fingerprint density at radius 2 is 1.53 bits per heavy atom. The van der Waals surface area contributed by atoms with Crippen LogP contribution >= 0.6 is 0 Å². The number of aliphatic hydroxyl groups is 3. The summed E-state index contributed by atoms with van der Waals surface area (Å²) in [5, 5.41) is 32.8. The van der Waals surface area contributed by atoms with Crippen LogP contribution in [0.3, 0.4) is 0 Å². The van der Waals surface area contributed by atoms with Crippen LogP contribution in [0, 0.1) is 5.92 Å². The topological polar surface area (TPSA) is 69.9 Å². The van der Waals surface area contributed by atoms with E-state index in [0.717, 1.165) is 0 Å². The standard InChI is InChI=1S/C15H26O4/c1-11(2)14(17)7-6-13(4,19-11)15(18)8-5-12(3,16)10(15)9-14/h10,16-18H,5-9H2,1-4H3/t10-,12+,13-,14-,15-/m0/s1. The summed E-state index contributed by atoms with van der Waals surface area (Å²) < 4.78 is 6.19. The van der Waals surface area contributed by atoms with Crippen molar-refractivity contribution in [1.82, 2.24) is 0 Å². The van der Waals surface area contributed by atoms with Gasteiger partial charge in [0, 0.05) is 5.92 Å². The van der Waals surface area contributed by atoms with Gasteiger partial charge in [0.25, 0.3) is 0 Å². The molecule has 0 amide bonds. The summed E-state index contributed by atoms with van der Waals surface area (Å²) in [6.07, 6.45) is 2.75. The molecule has 0 aromatic heterocycles. The van der Waals surface area contributed by atoms with E-state index in [1.54, 1.807) is 6.92 Å². The molecule has 2 heterocycles. The zero-order valence-electron chi connectivity index (χ0n) is 12.4. The fraction of sp³-hybridized carbons (Fsp3) is 1.00. The van der Waals surface area contributed by atoms with Gasteiger partial charge in [0.15, 0.2) is 0 Å². The van der Waals surface area contributed by atoms with Crippen molar-refractivity contribution in [3.8, 4) is 0 Å². The average molecular weight is 270 g/mol. The molecule has 4 rings (SSSR count). The van der Waals surface area contributed by atoms with Crippen LogP contribution in [0.5, 0.6) is 0 Å². The molecule has 19 heavy (non-hydrogen) atoms. The highest BCUT2D eigenvalue weighted by Gasteiger charge is 2.71. The van der Waals surface area contributed by atoms with Crippen molar-refractivity contribution in [3.05, 3.63) is 0 Å². The van der Waals surface area contributed by atoms with Crippen molar-refractivity contribution >= 4 is 0 Å². The van der Waals surface area contributed by atoms with E-state index in [-0.39, 0.29) is 5.92 Å². The van der Waals surface area contributed by atoms with Crippen molar-refractivity contribution in [2.75, 3.05) is 0 Å². The van der Waals surface area contributed by atoms with Crippen LogP contribution in [-0.4, -0.2) is 43.3 Å². The zero-order chi connectivity index (χ0) is 14.3. The summed E-state index contributed by atoms with van der Waals surface area (Å²) in [5.41, 5.74) is -4.34. The van der Waals surface area contributed by atoms with Crippen molar-refractivity contribution in [2.24, 2.45) is 5.92 Å². The van der Waals surface area contributed by atoms with E-state index in [0.29, 0.717) is 32.1 Å². The van der Waals surface area contributed by atoms with E-state index < -0.39 is 28.0 Å². The van der Waals surface area contributed by atoms with Crippen molar-refractivity contribution in [1.29, 1.82) is 0 Å². The lowest BCUT2D eigenvalue weighted by atomic mass is 9.72. The maximum Gasteiger partial charge on any atom is 0.0991 e. The molecule has 110 valence electrons.